The fraction of sp³-hybridized carbons (Fsp3) is 0.273. The fourth-order valence-corrected chi connectivity index (χ4v) is 1.15. The molecule has 0 aliphatic rings. The molecule has 0 aliphatic heterocycles. The number of carboxylic acid groups (broad SMARTS) is 1. The van der Waals surface area contributed by atoms with Crippen molar-refractivity contribution in [1.29, 1.82) is 0 Å². The minimum Gasteiger partial charge on any atom is -0.481 e. The summed E-state index contributed by atoms with van der Waals surface area (Å²) >= 11 is 5.70. The molecular weight excluding hydrogens is 262 g/mol. The third kappa shape index (κ3) is 5.03. The fourth-order valence-electron chi connectivity index (χ4n) is 1.02. The van der Waals surface area contributed by atoms with Gasteiger partial charge in [-0.05, 0) is 31.2 Å². The van der Waals surface area contributed by atoms with E-state index in [1.807, 2.05) is 5.48 Å². The van der Waals surface area contributed by atoms with E-state index in [0.717, 1.165) is 0 Å². The molecule has 0 spiro atoms. The van der Waals surface area contributed by atoms with Gasteiger partial charge in [-0.1, -0.05) is 11.6 Å². The summed E-state index contributed by atoms with van der Waals surface area (Å²) in [5.74, 6) is -1.28. The Labute approximate surface area is 108 Å². The van der Waals surface area contributed by atoms with Crippen LogP contribution in [-0.2, 0) is 14.4 Å². The van der Waals surface area contributed by atoms with Crippen molar-refractivity contribution < 1.29 is 24.3 Å². The number of rotatable bonds is 6. The Morgan fingerprint density at radius 2 is 2.00 bits per heavy atom. The molecule has 1 amide bonds. The Kier molecular flexibility index (Phi) is 5.41. The lowest BCUT2D eigenvalue weighted by Gasteiger charge is -2.13. The molecule has 0 bridgehead atoms. The molecule has 1 aromatic carbocycles. The molecule has 1 unspecified atom stereocenters. The van der Waals surface area contributed by atoms with E-state index in [-0.39, 0.29) is 0 Å². The second-order valence-electron chi connectivity index (χ2n) is 3.36. The van der Waals surface area contributed by atoms with Crippen LogP contribution in [0.2, 0.25) is 5.02 Å². The first-order chi connectivity index (χ1) is 8.49. The predicted octanol–water partition coefficient (Wildman–Crippen LogP) is 1.24. The van der Waals surface area contributed by atoms with Crippen molar-refractivity contribution in [2.75, 3.05) is 6.61 Å². The number of carbonyl (C=O) groups excluding carboxylic acids is 1. The molecule has 0 fully saturated rings. The van der Waals surface area contributed by atoms with Gasteiger partial charge in [0.15, 0.2) is 12.7 Å². The van der Waals surface area contributed by atoms with E-state index in [1.54, 1.807) is 24.3 Å². The average Bonchev–Trinajstić information content (AvgIpc) is 2.31. The molecular formula is C11H12ClNO5. The quantitative estimate of drug-likeness (QED) is 0.762. The van der Waals surface area contributed by atoms with E-state index in [1.165, 1.54) is 6.92 Å². The highest BCUT2D eigenvalue weighted by Crippen LogP contribution is 2.16. The van der Waals surface area contributed by atoms with Crippen molar-refractivity contribution in [3.05, 3.63) is 29.3 Å². The average molecular weight is 274 g/mol. The topological polar surface area (TPSA) is 84.9 Å². The molecule has 0 radical (unpaired) electrons. The summed E-state index contributed by atoms with van der Waals surface area (Å²) < 4.78 is 5.29. The molecule has 0 saturated heterocycles. The van der Waals surface area contributed by atoms with Gasteiger partial charge in [0.2, 0.25) is 0 Å². The summed E-state index contributed by atoms with van der Waals surface area (Å²) in [4.78, 5) is 26.0. The first-order valence-electron chi connectivity index (χ1n) is 5.04. The number of nitrogens with one attached hydrogen (secondary N) is 1. The largest absolute Gasteiger partial charge is 0.481 e. The number of carboxylic acids is 1. The van der Waals surface area contributed by atoms with Crippen LogP contribution in [-0.4, -0.2) is 29.7 Å². The smallest absolute Gasteiger partial charge is 0.332 e. The molecule has 0 heterocycles. The first-order valence-corrected chi connectivity index (χ1v) is 5.42. The Morgan fingerprint density at radius 3 is 2.56 bits per heavy atom. The third-order valence-electron chi connectivity index (χ3n) is 1.86. The zero-order chi connectivity index (χ0) is 13.5. The van der Waals surface area contributed by atoms with Crippen LogP contribution in [0.3, 0.4) is 0 Å². The van der Waals surface area contributed by atoms with E-state index in [9.17, 15) is 9.59 Å². The highest BCUT2D eigenvalue weighted by molar-refractivity contribution is 6.30. The normalized spacial score (nSPS) is 11.7. The van der Waals surface area contributed by atoms with E-state index >= 15 is 0 Å². The Balaban J connectivity index is 2.39. The number of ether oxygens (including phenoxy) is 1. The van der Waals surface area contributed by atoms with Gasteiger partial charge in [0, 0.05) is 5.02 Å². The molecule has 0 aliphatic carbocycles. The van der Waals surface area contributed by atoms with Crippen molar-refractivity contribution in [1.82, 2.24) is 5.48 Å². The summed E-state index contributed by atoms with van der Waals surface area (Å²) in [6.45, 7) is 0.896. The number of hydroxylamine groups is 1. The van der Waals surface area contributed by atoms with Crippen LogP contribution < -0.4 is 10.2 Å². The molecule has 6 nitrogen and oxygen atoms in total. The van der Waals surface area contributed by atoms with Gasteiger partial charge in [0.1, 0.15) is 5.75 Å². The number of carbonyl (C=O) groups is 2. The van der Waals surface area contributed by atoms with Gasteiger partial charge in [0.05, 0.1) is 0 Å². The minimum absolute atomic E-state index is 0.472. The van der Waals surface area contributed by atoms with Gasteiger partial charge in [-0.3, -0.25) is 9.63 Å². The second kappa shape index (κ2) is 6.83. The molecule has 1 rings (SSSR count). The number of amides is 1. The Morgan fingerprint density at radius 1 is 1.39 bits per heavy atom. The number of aliphatic carboxylic acids is 1. The summed E-state index contributed by atoms with van der Waals surface area (Å²) in [5, 5.41) is 8.87. The van der Waals surface area contributed by atoms with Gasteiger partial charge < -0.3 is 9.84 Å². The highest BCUT2D eigenvalue weighted by Gasteiger charge is 2.15. The summed E-state index contributed by atoms with van der Waals surface area (Å²) in [7, 11) is 0. The van der Waals surface area contributed by atoms with E-state index in [0.29, 0.717) is 10.8 Å². The van der Waals surface area contributed by atoms with Crippen molar-refractivity contribution >= 4 is 23.5 Å². The van der Waals surface area contributed by atoms with E-state index in [4.69, 9.17) is 21.4 Å². The molecule has 18 heavy (non-hydrogen) atoms. The lowest BCUT2D eigenvalue weighted by molar-refractivity contribution is -0.151. The lowest BCUT2D eigenvalue weighted by Crippen LogP contribution is -2.37. The molecule has 1 aromatic rings. The molecule has 1 atom stereocenters. The maximum absolute atomic E-state index is 11.4. The van der Waals surface area contributed by atoms with Crippen LogP contribution in [0, 0.1) is 0 Å². The standard InChI is InChI=1S/C11H12ClNO5/c1-7(11(16)13-17-6-10(14)15)18-9-4-2-8(12)3-5-9/h2-5,7H,6H2,1H3,(H,13,16)(H,14,15). The van der Waals surface area contributed by atoms with Crippen molar-refractivity contribution in [3.8, 4) is 5.75 Å². The van der Waals surface area contributed by atoms with Crippen LogP contribution in [0.5, 0.6) is 5.75 Å². The zero-order valence-corrected chi connectivity index (χ0v) is 10.3. The van der Waals surface area contributed by atoms with Crippen molar-refractivity contribution in [3.63, 3.8) is 0 Å². The zero-order valence-electron chi connectivity index (χ0n) is 9.55. The summed E-state index contributed by atoms with van der Waals surface area (Å²) in [6, 6.07) is 6.49. The van der Waals surface area contributed by atoms with Gasteiger partial charge >= 0.3 is 5.97 Å². The molecule has 0 aromatic heterocycles. The SMILES string of the molecule is CC(Oc1ccc(Cl)cc1)C(=O)NOCC(=O)O. The van der Waals surface area contributed by atoms with Crippen molar-refractivity contribution in [2.24, 2.45) is 0 Å². The maximum Gasteiger partial charge on any atom is 0.332 e. The third-order valence-corrected chi connectivity index (χ3v) is 2.12. The van der Waals surface area contributed by atoms with E-state index < -0.39 is 24.6 Å². The minimum atomic E-state index is -1.18. The number of halogens is 1. The number of benzene rings is 1. The van der Waals surface area contributed by atoms with Gasteiger partial charge in [-0.2, -0.15) is 0 Å². The Hall–Kier alpha value is -1.79. The summed E-state index contributed by atoms with van der Waals surface area (Å²) in [6.07, 6.45) is -0.819. The van der Waals surface area contributed by atoms with Crippen LogP contribution in [0.15, 0.2) is 24.3 Å². The van der Waals surface area contributed by atoms with E-state index in [2.05, 4.69) is 4.84 Å². The predicted molar refractivity (Wildman–Crippen MR) is 63.3 cm³/mol. The summed E-state index contributed by atoms with van der Waals surface area (Å²) in [5.41, 5.74) is 1.97. The molecule has 2 N–H and O–H groups in total. The van der Waals surface area contributed by atoms with Crippen molar-refractivity contribution in [2.45, 2.75) is 13.0 Å². The second-order valence-corrected chi connectivity index (χ2v) is 3.80. The van der Waals surface area contributed by atoms with Gasteiger partial charge in [0.25, 0.3) is 5.91 Å². The molecule has 0 saturated carbocycles. The molecule has 7 heteroatoms. The highest BCUT2D eigenvalue weighted by atomic mass is 35.5. The van der Waals surface area contributed by atoms with Crippen LogP contribution in [0.25, 0.3) is 0 Å². The van der Waals surface area contributed by atoms with Gasteiger partial charge in [-0.15, -0.1) is 0 Å². The van der Waals surface area contributed by atoms with Gasteiger partial charge in [-0.25, -0.2) is 10.3 Å². The lowest BCUT2D eigenvalue weighted by atomic mass is 10.3. The molecule has 98 valence electrons. The maximum atomic E-state index is 11.4. The number of hydrogen-bond acceptors (Lipinski definition) is 4. The monoisotopic (exact) mass is 273 g/mol. The van der Waals surface area contributed by atoms with Crippen LogP contribution in [0.4, 0.5) is 0 Å². The Bertz CT molecular complexity index is 420. The van der Waals surface area contributed by atoms with Crippen LogP contribution in [0.1, 0.15) is 6.92 Å². The number of hydrogen-bond donors (Lipinski definition) is 2. The van der Waals surface area contributed by atoms with Crippen LogP contribution >= 0.6 is 11.6 Å². The first kappa shape index (κ1) is 14.3.